The van der Waals surface area contributed by atoms with Gasteiger partial charge >= 0.3 is 0 Å². The van der Waals surface area contributed by atoms with Gasteiger partial charge in [-0.15, -0.1) is 11.3 Å². The van der Waals surface area contributed by atoms with Crippen molar-refractivity contribution in [3.63, 3.8) is 0 Å². The molecule has 1 aromatic carbocycles. The molecule has 0 atom stereocenters. The van der Waals surface area contributed by atoms with Crippen molar-refractivity contribution in [1.29, 1.82) is 0 Å². The van der Waals surface area contributed by atoms with Crippen molar-refractivity contribution in [2.24, 2.45) is 5.92 Å². The van der Waals surface area contributed by atoms with Gasteiger partial charge < -0.3 is 19.7 Å². The Bertz CT molecular complexity index is 701. The molecule has 25 heavy (non-hydrogen) atoms. The average Bonchev–Trinajstić information content (AvgIpc) is 3.24. The lowest BCUT2D eigenvalue weighted by Gasteiger charge is -2.23. The summed E-state index contributed by atoms with van der Waals surface area (Å²) in [5.74, 6) is 2.14. The first-order valence-corrected chi connectivity index (χ1v) is 9.39. The van der Waals surface area contributed by atoms with Gasteiger partial charge in [0.2, 0.25) is 12.7 Å². The van der Waals surface area contributed by atoms with E-state index in [2.05, 4.69) is 25.2 Å². The standard InChI is InChI=1S/C19H24N2O3S/c1-14(2)9-20-10-19(22)21(12-16-4-3-7-25-16)11-15-5-6-17-18(8-15)24-13-23-17/h3-8,14,20H,9-13H2,1-2H3. The Morgan fingerprint density at radius 3 is 2.84 bits per heavy atom. The first-order chi connectivity index (χ1) is 12.1. The van der Waals surface area contributed by atoms with Crippen molar-refractivity contribution in [2.75, 3.05) is 19.9 Å². The number of thiophene rings is 1. The second kappa shape index (κ2) is 8.36. The van der Waals surface area contributed by atoms with Gasteiger partial charge in [0.15, 0.2) is 11.5 Å². The Morgan fingerprint density at radius 2 is 2.08 bits per heavy atom. The second-order valence-electron chi connectivity index (χ2n) is 6.54. The largest absolute Gasteiger partial charge is 0.454 e. The van der Waals surface area contributed by atoms with E-state index in [1.165, 1.54) is 4.88 Å². The Balaban J connectivity index is 1.68. The van der Waals surface area contributed by atoms with Gasteiger partial charge in [0.05, 0.1) is 13.1 Å². The number of hydrogen-bond acceptors (Lipinski definition) is 5. The number of carbonyl (C=O) groups is 1. The molecule has 0 unspecified atom stereocenters. The Kier molecular flexibility index (Phi) is 5.94. The molecular weight excluding hydrogens is 336 g/mol. The molecule has 1 aliphatic heterocycles. The minimum absolute atomic E-state index is 0.103. The summed E-state index contributed by atoms with van der Waals surface area (Å²) >= 11 is 1.67. The number of nitrogens with one attached hydrogen (secondary N) is 1. The lowest BCUT2D eigenvalue weighted by molar-refractivity contribution is -0.131. The number of ether oxygens (including phenoxy) is 2. The molecular formula is C19H24N2O3S. The zero-order chi connectivity index (χ0) is 17.6. The summed E-state index contributed by atoms with van der Waals surface area (Å²) in [6, 6.07) is 9.93. The first-order valence-electron chi connectivity index (χ1n) is 8.51. The minimum Gasteiger partial charge on any atom is -0.454 e. The molecule has 0 fully saturated rings. The second-order valence-corrected chi connectivity index (χ2v) is 7.57. The molecule has 0 spiro atoms. The highest BCUT2D eigenvalue weighted by molar-refractivity contribution is 7.09. The molecule has 0 saturated carbocycles. The highest BCUT2D eigenvalue weighted by Gasteiger charge is 2.18. The van der Waals surface area contributed by atoms with Crippen LogP contribution in [-0.2, 0) is 17.9 Å². The van der Waals surface area contributed by atoms with Gasteiger partial charge in [-0.05, 0) is 41.6 Å². The van der Waals surface area contributed by atoms with Gasteiger partial charge in [0.1, 0.15) is 0 Å². The van der Waals surface area contributed by atoms with Crippen molar-refractivity contribution in [1.82, 2.24) is 10.2 Å². The normalized spacial score (nSPS) is 12.6. The zero-order valence-electron chi connectivity index (χ0n) is 14.7. The third-order valence-corrected chi connectivity index (χ3v) is 4.78. The van der Waals surface area contributed by atoms with E-state index in [1.807, 2.05) is 34.5 Å². The molecule has 2 heterocycles. The van der Waals surface area contributed by atoms with Gasteiger partial charge in [-0.3, -0.25) is 4.79 Å². The van der Waals surface area contributed by atoms with Crippen molar-refractivity contribution in [3.05, 3.63) is 46.2 Å². The molecule has 1 amide bonds. The van der Waals surface area contributed by atoms with Crippen LogP contribution in [0.25, 0.3) is 0 Å². The van der Waals surface area contributed by atoms with Crippen LogP contribution in [0.4, 0.5) is 0 Å². The van der Waals surface area contributed by atoms with Crippen LogP contribution in [-0.4, -0.2) is 30.7 Å². The Labute approximate surface area is 152 Å². The molecule has 0 bridgehead atoms. The summed E-state index contributed by atoms with van der Waals surface area (Å²) < 4.78 is 10.8. The van der Waals surface area contributed by atoms with E-state index in [0.29, 0.717) is 25.6 Å². The van der Waals surface area contributed by atoms with Crippen LogP contribution in [0.3, 0.4) is 0 Å². The molecule has 0 saturated heterocycles. The molecule has 3 rings (SSSR count). The smallest absolute Gasteiger partial charge is 0.237 e. The van der Waals surface area contributed by atoms with Crippen LogP contribution in [0.15, 0.2) is 35.7 Å². The monoisotopic (exact) mass is 360 g/mol. The predicted molar refractivity (Wildman–Crippen MR) is 98.8 cm³/mol. The van der Waals surface area contributed by atoms with Gasteiger partial charge in [-0.2, -0.15) is 0 Å². The average molecular weight is 360 g/mol. The van der Waals surface area contributed by atoms with Gasteiger partial charge in [0, 0.05) is 11.4 Å². The Hall–Kier alpha value is -2.05. The third-order valence-electron chi connectivity index (χ3n) is 3.92. The van der Waals surface area contributed by atoms with Crippen molar-refractivity contribution < 1.29 is 14.3 Å². The van der Waals surface area contributed by atoms with Crippen LogP contribution in [0.1, 0.15) is 24.3 Å². The molecule has 0 radical (unpaired) electrons. The zero-order valence-corrected chi connectivity index (χ0v) is 15.5. The molecule has 1 aromatic heterocycles. The highest BCUT2D eigenvalue weighted by atomic mass is 32.1. The summed E-state index contributed by atoms with van der Waals surface area (Å²) in [6.45, 7) is 6.89. The summed E-state index contributed by atoms with van der Waals surface area (Å²) in [6.07, 6.45) is 0. The molecule has 134 valence electrons. The minimum atomic E-state index is 0.103. The molecule has 1 N–H and O–H groups in total. The summed E-state index contributed by atoms with van der Waals surface area (Å²) in [5, 5.41) is 5.28. The maximum Gasteiger partial charge on any atom is 0.237 e. The van der Waals surface area contributed by atoms with E-state index in [-0.39, 0.29) is 12.7 Å². The number of rotatable bonds is 8. The van der Waals surface area contributed by atoms with Crippen molar-refractivity contribution in [3.8, 4) is 11.5 Å². The highest BCUT2D eigenvalue weighted by Crippen LogP contribution is 2.33. The van der Waals surface area contributed by atoms with E-state index in [1.54, 1.807) is 11.3 Å². The number of nitrogens with zero attached hydrogens (tertiary/aromatic N) is 1. The molecule has 2 aromatic rings. The predicted octanol–water partition coefficient (Wildman–Crippen LogP) is 3.25. The van der Waals surface area contributed by atoms with E-state index >= 15 is 0 Å². The summed E-state index contributed by atoms with van der Waals surface area (Å²) in [7, 11) is 0. The van der Waals surface area contributed by atoms with E-state index in [9.17, 15) is 4.79 Å². The SMILES string of the molecule is CC(C)CNCC(=O)N(Cc1ccc2c(c1)OCO2)Cc1cccs1. The van der Waals surface area contributed by atoms with Crippen molar-refractivity contribution >= 4 is 17.2 Å². The lowest BCUT2D eigenvalue weighted by atomic mass is 10.2. The van der Waals surface area contributed by atoms with Crippen LogP contribution in [0.5, 0.6) is 11.5 Å². The quantitative estimate of drug-likeness (QED) is 0.785. The van der Waals surface area contributed by atoms with Crippen molar-refractivity contribution in [2.45, 2.75) is 26.9 Å². The van der Waals surface area contributed by atoms with Gasteiger partial charge in [-0.1, -0.05) is 26.0 Å². The van der Waals surface area contributed by atoms with E-state index < -0.39 is 0 Å². The van der Waals surface area contributed by atoms with Gasteiger partial charge in [-0.25, -0.2) is 0 Å². The maximum absolute atomic E-state index is 12.7. The maximum atomic E-state index is 12.7. The number of hydrogen-bond donors (Lipinski definition) is 1. The fraction of sp³-hybridized carbons (Fsp3) is 0.421. The van der Waals surface area contributed by atoms with Crippen LogP contribution < -0.4 is 14.8 Å². The summed E-state index contributed by atoms with van der Waals surface area (Å²) in [5.41, 5.74) is 1.04. The molecule has 5 nitrogen and oxygen atoms in total. The Morgan fingerprint density at radius 1 is 1.24 bits per heavy atom. The molecule has 1 aliphatic rings. The number of fused-ring (bicyclic) bond motifs is 1. The molecule has 6 heteroatoms. The van der Waals surface area contributed by atoms with Crippen LogP contribution in [0, 0.1) is 5.92 Å². The van der Waals surface area contributed by atoms with Crippen LogP contribution in [0.2, 0.25) is 0 Å². The van der Waals surface area contributed by atoms with E-state index in [4.69, 9.17) is 9.47 Å². The van der Waals surface area contributed by atoms with Gasteiger partial charge in [0.25, 0.3) is 0 Å². The fourth-order valence-electron chi connectivity index (χ4n) is 2.66. The fourth-order valence-corrected chi connectivity index (χ4v) is 3.38. The first kappa shape index (κ1) is 17.8. The number of amides is 1. The lowest BCUT2D eigenvalue weighted by Crippen LogP contribution is -2.38. The molecule has 0 aliphatic carbocycles. The van der Waals surface area contributed by atoms with Crippen LogP contribution >= 0.6 is 11.3 Å². The number of carbonyl (C=O) groups excluding carboxylic acids is 1. The number of benzene rings is 1. The summed E-state index contributed by atoms with van der Waals surface area (Å²) in [4.78, 5) is 15.8. The van der Waals surface area contributed by atoms with E-state index in [0.717, 1.165) is 23.6 Å². The topological polar surface area (TPSA) is 50.8 Å². The third kappa shape index (κ3) is 4.96.